The minimum absolute atomic E-state index is 0.117. The van der Waals surface area contributed by atoms with Crippen molar-refractivity contribution < 1.29 is 9.53 Å². The van der Waals surface area contributed by atoms with Crippen molar-refractivity contribution >= 4 is 29.9 Å². The largest absolute Gasteiger partial charge is 0.468 e. The second kappa shape index (κ2) is 8.39. The summed E-state index contributed by atoms with van der Waals surface area (Å²) >= 11 is 7.26. The lowest BCUT2D eigenvalue weighted by atomic mass is 9.87. The highest BCUT2D eigenvalue weighted by atomic mass is 32.2. The van der Waals surface area contributed by atoms with Gasteiger partial charge >= 0.3 is 5.97 Å². The first-order chi connectivity index (χ1) is 13.2. The lowest BCUT2D eigenvalue weighted by Gasteiger charge is -2.30. The third-order valence-corrected chi connectivity index (χ3v) is 6.65. The van der Waals surface area contributed by atoms with Crippen LogP contribution in [0.4, 0.5) is 0 Å². The Labute approximate surface area is 175 Å². The summed E-state index contributed by atoms with van der Waals surface area (Å²) in [5.74, 6) is 1.57. The molecule has 1 aromatic carbocycles. The number of carbonyl (C=O) groups excluding carboxylic acids is 1. The lowest BCUT2D eigenvalue weighted by Crippen LogP contribution is -2.42. The molecule has 8 heteroatoms. The lowest BCUT2D eigenvalue weighted by molar-refractivity contribution is -0.140. The first-order valence-electron chi connectivity index (χ1n) is 9.37. The summed E-state index contributed by atoms with van der Waals surface area (Å²) in [7, 11) is 3.38. The standard InChI is InChI=1S/C20H28N4O2S2/c1-20(2,3)15-8-6-14(7-9-15)17-21-24(19(27)22(17)4)13-23-10-11-28-16(12-23)18(25)26-5/h6-9,16H,10-13H2,1-5H3/t16-/m0/s1. The molecule has 2 heterocycles. The van der Waals surface area contributed by atoms with Crippen LogP contribution in [-0.2, 0) is 28.7 Å². The van der Waals surface area contributed by atoms with E-state index in [1.807, 2.05) is 16.3 Å². The Hall–Kier alpha value is -1.64. The van der Waals surface area contributed by atoms with Gasteiger partial charge in [0.25, 0.3) is 0 Å². The molecule has 0 radical (unpaired) electrons. The van der Waals surface area contributed by atoms with Gasteiger partial charge in [0.2, 0.25) is 0 Å². The first-order valence-corrected chi connectivity index (χ1v) is 10.8. The maximum absolute atomic E-state index is 11.9. The molecule has 1 fully saturated rings. The zero-order chi connectivity index (χ0) is 20.5. The van der Waals surface area contributed by atoms with Gasteiger partial charge < -0.3 is 9.30 Å². The van der Waals surface area contributed by atoms with Gasteiger partial charge in [-0.2, -0.15) is 5.10 Å². The molecule has 1 saturated heterocycles. The molecule has 0 aliphatic carbocycles. The monoisotopic (exact) mass is 420 g/mol. The van der Waals surface area contributed by atoms with E-state index in [9.17, 15) is 4.79 Å². The fourth-order valence-electron chi connectivity index (χ4n) is 3.25. The van der Waals surface area contributed by atoms with Crippen LogP contribution in [0.15, 0.2) is 24.3 Å². The molecule has 0 bridgehead atoms. The molecule has 1 atom stereocenters. The third kappa shape index (κ3) is 4.50. The average molecular weight is 421 g/mol. The summed E-state index contributed by atoms with van der Waals surface area (Å²) in [5.41, 5.74) is 2.45. The first kappa shape index (κ1) is 21.1. The number of thioether (sulfide) groups is 1. The van der Waals surface area contributed by atoms with E-state index in [2.05, 4.69) is 49.9 Å². The van der Waals surface area contributed by atoms with Crippen molar-refractivity contribution in [3.8, 4) is 11.4 Å². The van der Waals surface area contributed by atoms with Gasteiger partial charge in [0.05, 0.1) is 13.8 Å². The smallest absolute Gasteiger partial charge is 0.320 e. The molecular formula is C20H28N4O2S2. The molecule has 0 amide bonds. The SMILES string of the molecule is COC(=O)[C@@H]1CN(Cn2nc(-c3ccc(C(C)(C)C)cc3)n(C)c2=S)CCS1. The third-order valence-electron chi connectivity index (χ3n) is 5.00. The summed E-state index contributed by atoms with van der Waals surface area (Å²) in [6.07, 6.45) is 0. The topological polar surface area (TPSA) is 52.3 Å². The van der Waals surface area contributed by atoms with Crippen LogP contribution in [0.25, 0.3) is 11.4 Å². The molecule has 28 heavy (non-hydrogen) atoms. The number of rotatable bonds is 4. The predicted octanol–water partition coefficient (Wildman–Crippen LogP) is 3.46. The van der Waals surface area contributed by atoms with Gasteiger partial charge in [-0.05, 0) is 23.2 Å². The number of hydrogen-bond acceptors (Lipinski definition) is 6. The van der Waals surface area contributed by atoms with E-state index in [1.54, 1.807) is 11.8 Å². The Bertz CT molecular complexity index is 896. The molecular weight excluding hydrogens is 392 g/mol. The Kier molecular flexibility index (Phi) is 6.31. The number of esters is 1. The van der Waals surface area contributed by atoms with Crippen molar-refractivity contribution in [2.75, 3.05) is 26.0 Å². The van der Waals surface area contributed by atoms with E-state index in [-0.39, 0.29) is 16.6 Å². The molecule has 152 valence electrons. The summed E-state index contributed by atoms with van der Waals surface area (Å²) in [4.78, 5) is 14.1. The highest BCUT2D eigenvalue weighted by molar-refractivity contribution is 8.00. The van der Waals surface area contributed by atoms with Gasteiger partial charge in [-0.15, -0.1) is 11.8 Å². The predicted molar refractivity (Wildman–Crippen MR) is 116 cm³/mol. The van der Waals surface area contributed by atoms with E-state index in [1.165, 1.54) is 12.7 Å². The van der Waals surface area contributed by atoms with Crippen LogP contribution in [0.5, 0.6) is 0 Å². The van der Waals surface area contributed by atoms with E-state index in [4.69, 9.17) is 22.1 Å². The van der Waals surface area contributed by atoms with Crippen molar-refractivity contribution in [2.45, 2.75) is 38.1 Å². The summed E-state index contributed by atoms with van der Waals surface area (Å²) in [6.45, 7) is 8.72. The Balaban J connectivity index is 1.80. The maximum Gasteiger partial charge on any atom is 0.320 e. The number of ether oxygens (including phenoxy) is 1. The van der Waals surface area contributed by atoms with Crippen LogP contribution in [-0.4, -0.2) is 56.4 Å². The van der Waals surface area contributed by atoms with E-state index in [0.29, 0.717) is 18.0 Å². The molecule has 3 rings (SSSR count). The summed E-state index contributed by atoms with van der Waals surface area (Å²) < 4.78 is 9.34. The van der Waals surface area contributed by atoms with Crippen molar-refractivity contribution in [1.29, 1.82) is 0 Å². The second-order valence-corrected chi connectivity index (χ2v) is 9.77. The van der Waals surface area contributed by atoms with E-state index in [0.717, 1.165) is 23.7 Å². The average Bonchev–Trinajstić information content (AvgIpc) is 2.95. The van der Waals surface area contributed by atoms with Crippen LogP contribution >= 0.6 is 24.0 Å². The quantitative estimate of drug-likeness (QED) is 0.558. The minimum atomic E-state index is -0.168. The van der Waals surface area contributed by atoms with Crippen LogP contribution in [0.2, 0.25) is 0 Å². The highest BCUT2D eigenvalue weighted by Crippen LogP contribution is 2.26. The molecule has 2 aromatic rings. The highest BCUT2D eigenvalue weighted by Gasteiger charge is 2.27. The van der Waals surface area contributed by atoms with Gasteiger partial charge in [-0.1, -0.05) is 45.0 Å². The number of benzene rings is 1. The van der Waals surface area contributed by atoms with Crippen LogP contribution in [0, 0.1) is 4.77 Å². The fourth-order valence-corrected chi connectivity index (χ4v) is 4.63. The van der Waals surface area contributed by atoms with Crippen LogP contribution < -0.4 is 0 Å². The Morgan fingerprint density at radius 2 is 2.00 bits per heavy atom. The molecule has 0 spiro atoms. The zero-order valence-corrected chi connectivity index (χ0v) is 18.8. The molecule has 0 unspecified atom stereocenters. The Morgan fingerprint density at radius 3 is 2.61 bits per heavy atom. The molecule has 1 aliphatic rings. The number of carbonyl (C=O) groups is 1. The molecule has 1 aromatic heterocycles. The second-order valence-electron chi connectivity index (χ2n) is 8.09. The van der Waals surface area contributed by atoms with Crippen molar-refractivity contribution in [3.05, 3.63) is 34.6 Å². The van der Waals surface area contributed by atoms with E-state index >= 15 is 0 Å². The molecule has 0 saturated carbocycles. The van der Waals surface area contributed by atoms with Crippen molar-refractivity contribution in [2.24, 2.45) is 7.05 Å². The summed E-state index contributed by atoms with van der Waals surface area (Å²) in [5, 5.41) is 4.61. The van der Waals surface area contributed by atoms with Crippen molar-refractivity contribution in [3.63, 3.8) is 0 Å². The van der Waals surface area contributed by atoms with Crippen LogP contribution in [0.1, 0.15) is 26.3 Å². The number of nitrogens with zero attached hydrogens (tertiary/aromatic N) is 4. The number of hydrogen-bond donors (Lipinski definition) is 0. The van der Waals surface area contributed by atoms with Crippen LogP contribution in [0.3, 0.4) is 0 Å². The maximum atomic E-state index is 11.9. The number of methoxy groups -OCH3 is 1. The van der Waals surface area contributed by atoms with Gasteiger partial charge in [-0.25, -0.2) is 4.68 Å². The summed E-state index contributed by atoms with van der Waals surface area (Å²) in [6, 6.07) is 8.51. The Morgan fingerprint density at radius 1 is 1.32 bits per heavy atom. The molecule has 0 N–H and O–H groups in total. The fraction of sp³-hybridized carbons (Fsp3) is 0.550. The minimum Gasteiger partial charge on any atom is -0.468 e. The van der Waals surface area contributed by atoms with Gasteiger partial charge in [0.1, 0.15) is 5.25 Å². The van der Waals surface area contributed by atoms with Gasteiger partial charge in [0.15, 0.2) is 10.6 Å². The van der Waals surface area contributed by atoms with E-state index < -0.39 is 0 Å². The van der Waals surface area contributed by atoms with Crippen molar-refractivity contribution in [1.82, 2.24) is 19.2 Å². The van der Waals surface area contributed by atoms with Gasteiger partial charge in [0, 0.05) is 31.5 Å². The zero-order valence-electron chi connectivity index (χ0n) is 17.1. The number of aromatic nitrogens is 3. The molecule has 6 nitrogen and oxygen atoms in total. The van der Waals surface area contributed by atoms with Gasteiger partial charge in [-0.3, -0.25) is 9.69 Å². The molecule has 1 aliphatic heterocycles. The normalized spacial score (nSPS) is 18.2.